The number of aliphatic hydroxyl groups is 1. The number of hydrogen-bond acceptors (Lipinski definition) is 4. The Labute approximate surface area is 124 Å². The molecule has 0 spiro atoms. The van der Waals surface area contributed by atoms with Crippen LogP contribution >= 0.6 is 0 Å². The number of likely N-dealkylation sites (N-methyl/N-ethyl adjacent to an activating group) is 1. The van der Waals surface area contributed by atoms with Crippen LogP contribution in [0.3, 0.4) is 0 Å². The van der Waals surface area contributed by atoms with Gasteiger partial charge in [-0.15, -0.1) is 0 Å². The van der Waals surface area contributed by atoms with Gasteiger partial charge in [0.2, 0.25) is 0 Å². The van der Waals surface area contributed by atoms with Crippen LogP contribution in [-0.2, 0) is 4.74 Å². The largest absolute Gasteiger partial charge is 0.394 e. The summed E-state index contributed by atoms with van der Waals surface area (Å²) in [7, 11) is 1.80. The van der Waals surface area contributed by atoms with E-state index in [2.05, 4.69) is 24.1 Å². The molecule has 1 aliphatic heterocycles. The first-order valence-electron chi connectivity index (χ1n) is 8.27. The van der Waals surface area contributed by atoms with E-state index >= 15 is 0 Å². The molecule has 1 fully saturated rings. The van der Waals surface area contributed by atoms with Gasteiger partial charge in [-0.2, -0.15) is 0 Å². The number of aliphatic hydroxyl groups excluding tert-OH is 1. The summed E-state index contributed by atoms with van der Waals surface area (Å²) in [5.41, 5.74) is -0.0729. The SMILES string of the molecule is CCNC(CC)(CO)CCCN1CCCC(COC)C1. The molecule has 2 unspecified atom stereocenters. The lowest BCUT2D eigenvalue weighted by Crippen LogP contribution is -2.48. The van der Waals surface area contributed by atoms with Gasteiger partial charge in [-0.25, -0.2) is 0 Å². The van der Waals surface area contributed by atoms with Crippen LogP contribution in [0.4, 0.5) is 0 Å². The number of rotatable bonds is 10. The normalized spacial score (nSPS) is 23.7. The lowest BCUT2D eigenvalue weighted by atomic mass is 9.90. The van der Waals surface area contributed by atoms with Gasteiger partial charge in [0.15, 0.2) is 0 Å². The second-order valence-electron chi connectivity index (χ2n) is 6.19. The van der Waals surface area contributed by atoms with Crippen LogP contribution in [0.25, 0.3) is 0 Å². The molecular formula is C16H34N2O2. The fourth-order valence-electron chi connectivity index (χ4n) is 3.38. The minimum Gasteiger partial charge on any atom is -0.394 e. The molecule has 0 bridgehead atoms. The fraction of sp³-hybridized carbons (Fsp3) is 1.00. The van der Waals surface area contributed by atoms with Gasteiger partial charge in [0.05, 0.1) is 13.2 Å². The highest BCUT2D eigenvalue weighted by Gasteiger charge is 2.26. The molecule has 1 saturated heterocycles. The minimum atomic E-state index is -0.0729. The van der Waals surface area contributed by atoms with E-state index in [4.69, 9.17) is 4.74 Å². The Bertz CT molecular complexity index is 243. The van der Waals surface area contributed by atoms with E-state index in [9.17, 15) is 5.11 Å². The van der Waals surface area contributed by atoms with E-state index in [-0.39, 0.29) is 12.1 Å². The molecule has 1 aliphatic rings. The number of piperidine rings is 1. The van der Waals surface area contributed by atoms with Crippen molar-refractivity contribution in [1.29, 1.82) is 0 Å². The summed E-state index contributed by atoms with van der Waals surface area (Å²) in [5, 5.41) is 13.1. The number of hydrogen-bond donors (Lipinski definition) is 2. The second-order valence-corrected chi connectivity index (χ2v) is 6.19. The smallest absolute Gasteiger partial charge is 0.0613 e. The van der Waals surface area contributed by atoms with Crippen molar-refractivity contribution in [1.82, 2.24) is 10.2 Å². The van der Waals surface area contributed by atoms with Gasteiger partial charge >= 0.3 is 0 Å². The monoisotopic (exact) mass is 286 g/mol. The van der Waals surface area contributed by atoms with Crippen LogP contribution in [0.5, 0.6) is 0 Å². The number of likely N-dealkylation sites (tertiary alicyclic amines) is 1. The van der Waals surface area contributed by atoms with Crippen LogP contribution in [0.15, 0.2) is 0 Å². The lowest BCUT2D eigenvalue weighted by Gasteiger charge is -2.35. The number of methoxy groups -OCH3 is 1. The third-order valence-corrected chi connectivity index (χ3v) is 4.67. The summed E-state index contributed by atoms with van der Waals surface area (Å²) in [6.45, 7) is 9.87. The highest BCUT2D eigenvalue weighted by molar-refractivity contribution is 4.86. The van der Waals surface area contributed by atoms with Gasteiger partial charge in [-0.3, -0.25) is 0 Å². The molecule has 0 radical (unpaired) electrons. The zero-order valence-corrected chi connectivity index (χ0v) is 13.7. The quantitative estimate of drug-likeness (QED) is 0.643. The zero-order chi connectivity index (χ0) is 14.8. The van der Waals surface area contributed by atoms with E-state index in [0.29, 0.717) is 5.92 Å². The van der Waals surface area contributed by atoms with Crippen LogP contribution in [0.2, 0.25) is 0 Å². The fourth-order valence-corrected chi connectivity index (χ4v) is 3.38. The van der Waals surface area contributed by atoms with Gasteiger partial charge in [0.1, 0.15) is 0 Å². The molecule has 0 aromatic carbocycles. The molecule has 0 aliphatic carbocycles. The molecule has 2 N–H and O–H groups in total. The van der Waals surface area contributed by atoms with Gasteiger partial charge in [-0.1, -0.05) is 13.8 Å². The van der Waals surface area contributed by atoms with E-state index in [1.54, 1.807) is 7.11 Å². The summed E-state index contributed by atoms with van der Waals surface area (Å²) in [6.07, 6.45) is 5.79. The minimum absolute atomic E-state index is 0.0729. The lowest BCUT2D eigenvalue weighted by molar-refractivity contribution is 0.0855. The molecule has 4 heteroatoms. The predicted molar refractivity (Wildman–Crippen MR) is 84.1 cm³/mol. The van der Waals surface area contributed by atoms with E-state index in [0.717, 1.165) is 39.0 Å². The van der Waals surface area contributed by atoms with Crippen molar-refractivity contribution in [2.75, 3.05) is 46.5 Å². The number of nitrogens with zero attached hydrogens (tertiary/aromatic N) is 1. The van der Waals surface area contributed by atoms with Crippen molar-refractivity contribution in [3.63, 3.8) is 0 Å². The maximum atomic E-state index is 9.66. The van der Waals surface area contributed by atoms with Crippen molar-refractivity contribution < 1.29 is 9.84 Å². The molecule has 1 heterocycles. The molecule has 0 saturated carbocycles. The Morgan fingerprint density at radius 2 is 2.20 bits per heavy atom. The van der Waals surface area contributed by atoms with Crippen LogP contribution in [-0.4, -0.2) is 62.0 Å². The summed E-state index contributed by atoms with van der Waals surface area (Å²) >= 11 is 0. The van der Waals surface area contributed by atoms with Crippen molar-refractivity contribution >= 4 is 0 Å². The molecular weight excluding hydrogens is 252 g/mol. The first-order valence-corrected chi connectivity index (χ1v) is 8.27. The summed E-state index contributed by atoms with van der Waals surface area (Å²) in [4.78, 5) is 2.57. The third-order valence-electron chi connectivity index (χ3n) is 4.67. The summed E-state index contributed by atoms with van der Waals surface area (Å²) in [5.74, 6) is 0.705. The Hall–Kier alpha value is -0.160. The molecule has 0 amide bonds. The van der Waals surface area contributed by atoms with Gasteiger partial charge in [0.25, 0.3) is 0 Å². The van der Waals surface area contributed by atoms with Crippen molar-refractivity contribution in [2.24, 2.45) is 5.92 Å². The molecule has 120 valence electrons. The topological polar surface area (TPSA) is 44.7 Å². The molecule has 20 heavy (non-hydrogen) atoms. The van der Waals surface area contributed by atoms with Gasteiger partial charge < -0.3 is 20.1 Å². The summed E-state index contributed by atoms with van der Waals surface area (Å²) < 4.78 is 5.29. The Kier molecular flexibility index (Phi) is 8.69. The van der Waals surface area contributed by atoms with Gasteiger partial charge in [-0.05, 0) is 57.7 Å². The maximum Gasteiger partial charge on any atom is 0.0613 e. The summed E-state index contributed by atoms with van der Waals surface area (Å²) in [6, 6.07) is 0. The first kappa shape index (κ1) is 17.9. The Balaban J connectivity index is 2.31. The molecule has 0 aromatic heterocycles. The van der Waals surface area contributed by atoms with Crippen molar-refractivity contribution in [3.8, 4) is 0 Å². The third kappa shape index (κ3) is 5.68. The average molecular weight is 286 g/mol. The maximum absolute atomic E-state index is 9.66. The standard InChI is InChI=1S/C16H34N2O2/c1-4-16(14-19,17-5-2)9-7-11-18-10-6-8-15(12-18)13-20-3/h15,17,19H,4-14H2,1-3H3. The van der Waals surface area contributed by atoms with E-state index < -0.39 is 0 Å². The van der Waals surface area contributed by atoms with Crippen LogP contribution in [0, 0.1) is 5.92 Å². The van der Waals surface area contributed by atoms with E-state index in [1.807, 2.05) is 0 Å². The predicted octanol–water partition coefficient (Wildman–Crippen LogP) is 1.88. The molecule has 4 nitrogen and oxygen atoms in total. The number of nitrogens with one attached hydrogen (secondary N) is 1. The van der Waals surface area contributed by atoms with Gasteiger partial charge in [0, 0.05) is 19.2 Å². The molecule has 2 atom stereocenters. The average Bonchev–Trinajstić information content (AvgIpc) is 2.47. The molecule has 1 rings (SSSR count). The highest BCUT2D eigenvalue weighted by atomic mass is 16.5. The molecule has 0 aromatic rings. The zero-order valence-electron chi connectivity index (χ0n) is 13.7. The number of ether oxygens (including phenoxy) is 1. The van der Waals surface area contributed by atoms with Crippen LogP contribution in [0.1, 0.15) is 46.0 Å². The second kappa shape index (κ2) is 9.72. The highest BCUT2D eigenvalue weighted by Crippen LogP contribution is 2.20. The van der Waals surface area contributed by atoms with Crippen molar-refractivity contribution in [3.05, 3.63) is 0 Å². The van der Waals surface area contributed by atoms with E-state index in [1.165, 1.54) is 25.9 Å². The van der Waals surface area contributed by atoms with Crippen molar-refractivity contribution in [2.45, 2.75) is 51.5 Å². The Morgan fingerprint density at radius 3 is 2.80 bits per heavy atom. The first-order chi connectivity index (χ1) is 9.69. The van der Waals surface area contributed by atoms with Crippen LogP contribution < -0.4 is 5.32 Å². The Morgan fingerprint density at radius 1 is 1.40 bits per heavy atom.